The Kier molecular flexibility index (Phi) is 2.51. The molecule has 0 spiro atoms. The average Bonchev–Trinajstić information content (AvgIpc) is 2.87. The molecule has 0 atom stereocenters. The summed E-state index contributed by atoms with van der Waals surface area (Å²) in [6.07, 6.45) is -2.15. The molecule has 6 nitrogen and oxygen atoms in total. The maximum absolute atomic E-state index is 12.8. The fraction of sp³-hybridized carbons (Fsp3) is 0.273. The van der Waals surface area contributed by atoms with Crippen LogP contribution in [-0.4, -0.2) is 21.1 Å². The predicted octanol–water partition coefficient (Wildman–Crippen LogP) is 1.75. The van der Waals surface area contributed by atoms with Crippen molar-refractivity contribution in [2.45, 2.75) is 12.8 Å². The number of aromatic nitrogens is 3. The summed E-state index contributed by atoms with van der Waals surface area (Å²) in [7, 11) is 1.77. The summed E-state index contributed by atoms with van der Waals surface area (Å²) in [5.74, 6) is 0.755. The first-order chi connectivity index (χ1) is 9.03. The van der Waals surface area contributed by atoms with Gasteiger partial charge in [0.15, 0.2) is 11.5 Å². The van der Waals surface area contributed by atoms with E-state index in [2.05, 4.69) is 24.9 Å². The molecule has 2 aromatic rings. The summed E-state index contributed by atoms with van der Waals surface area (Å²) in [6, 6.07) is 4.50. The van der Waals surface area contributed by atoms with E-state index in [-0.39, 0.29) is 11.5 Å². The van der Waals surface area contributed by atoms with Crippen molar-refractivity contribution < 1.29 is 18.3 Å². The number of hydrogen-bond donors (Lipinski definition) is 1. The Morgan fingerprint density at radius 1 is 1.32 bits per heavy atom. The third-order valence-corrected chi connectivity index (χ3v) is 2.66. The zero-order valence-electron chi connectivity index (χ0n) is 9.93. The van der Waals surface area contributed by atoms with Gasteiger partial charge in [0.2, 0.25) is 0 Å². The molecule has 0 amide bonds. The molecule has 0 fully saturated rings. The average molecular weight is 268 g/mol. The third-order valence-electron chi connectivity index (χ3n) is 2.66. The molecule has 1 aliphatic heterocycles. The van der Waals surface area contributed by atoms with Crippen LogP contribution >= 0.6 is 0 Å². The van der Waals surface area contributed by atoms with E-state index in [1.165, 1.54) is 18.5 Å². The summed E-state index contributed by atoms with van der Waals surface area (Å²) in [4.78, 5) is 4.04. The van der Waals surface area contributed by atoms with Crippen LogP contribution in [-0.2, 0) is 13.6 Å². The van der Waals surface area contributed by atoms with Gasteiger partial charge in [-0.3, -0.25) is 4.68 Å². The summed E-state index contributed by atoms with van der Waals surface area (Å²) in [5.41, 5.74) is 0.628. The van der Waals surface area contributed by atoms with E-state index in [0.717, 1.165) is 5.82 Å². The number of benzene rings is 1. The maximum Gasteiger partial charge on any atom is 0.586 e. The van der Waals surface area contributed by atoms with Crippen LogP contribution in [0.1, 0.15) is 5.82 Å². The lowest BCUT2D eigenvalue weighted by atomic mass is 10.3. The molecular weight excluding hydrogens is 258 g/mol. The van der Waals surface area contributed by atoms with Crippen LogP contribution < -0.4 is 14.8 Å². The Bertz CT molecular complexity index is 614. The molecule has 0 aliphatic carbocycles. The van der Waals surface area contributed by atoms with E-state index in [0.29, 0.717) is 12.2 Å². The Morgan fingerprint density at radius 2 is 2.11 bits per heavy atom. The predicted molar refractivity (Wildman–Crippen MR) is 61.0 cm³/mol. The number of halogens is 2. The van der Waals surface area contributed by atoms with E-state index in [1.807, 2.05) is 0 Å². The van der Waals surface area contributed by atoms with Crippen molar-refractivity contribution in [3.8, 4) is 11.5 Å². The minimum absolute atomic E-state index is 0.00738. The highest BCUT2D eigenvalue weighted by molar-refractivity contribution is 5.55. The highest BCUT2D eigenvalue weighted by atomic mass is 19.3. The van der Waals surface area contributed by atoms with Crippen LogP contribution in [0.25, 0.3) is 0 Å². The second-order valence-electron chi connectivity index (χ2n) is 3.98. The topological polar surface area (TPSA) is 61.2 Å². The van der Waals surface area contributed by atoms with Gasteiger partial charge in [-0.2, -0.15) is 5.10 Å². The number of nitrogens with one attached hydrogen (secondary N) is 1. The van der Waals surface area contributed by atoms with Crippen molar-refractivity contribution in [3.63, 3.8) is 0 Å². The van der Waals surface area contributed by atoms with Crippen molar-refractivity contribution in [3.05, 3.63) is 30.4 Å². The normalized spacial score (nSPS) is 15.5. The Hall–Kier alpha value is -2.38. The van der Waals surface area contributed by atoms with E-state index in [9.17, 15) is 8.78 Å². The summed E-state index contributed by atoms with van der Waals surface area (Å²) in [6.45, 7) is 0.423. The molecule has 100 valence electrons. The van der Waals surface area contributed by atoms with E-state index >= 15 is 0 Å². The first-order valence-corrected chi connectivity index (χ1v) is 5.50. The Balaban J connectivity index is 1.72. The van der Waals surface area contributed by atoms with Crippen LogP contribution in [0.2, 0.25) is 0 Å². The second kappa shape index (κ2) is 4.08. The molecule has 19 heavy (non-hydrogen) atoms. The van der Waals surface area contributed by atoms with Crippen LogP contribution in [0.15, 0.2) is 24.5 Å². The van der Waals surface area contributed by atoms with Gasteiger partial charge in [0, 0.05) is 18.8 Å². The number of ether oxygens (including phenoxy) is 2. The first-order valence-electron chi connectivity index (χ1n) is 5.50. The lowest BCUT2D eigenvalue weighted by Gasteiger charge is -2.06. The monoisotopic (exact) mass is 268 g/mol. The zero-order chi connectivity index (χ0) is 13.5. The molecule has 8 heteroatoms. The number of alkyl halides is 2. The standard InChI is InChI=1S/C11H10F2N4O2/c1-17-10(15-6-16-17)5-14-7-2-3-8-9(4-7)19-11(12,13)18-8/h2-4,6,14H,5H2,1H3. The molecule has 1 aliphatic rings. The van der Waals surface area contributed by atoms with Gasteiger partial charge in [0.05, 0.1) is 6.54 Å². The van der Waals surface area contributed by atoms with E-state index < -0.39 is 6.29 Å². The first kappa shape index (κ1) is 11.7. The van der Waals surface area contributed by atoms with Gasteiger partial charge in [-0.05, 0) is 12.1 Å². The van der Waals surface area contributed by atoms with Gasteiger partial charge in [-0.15, -0.1) is 8.78 Å². The van der Waals surface area contributed by atoms with E-state index in [1.54, 1.807) is 17.8 Å². The lowest BCUT2D eigenvalue weighted by Crippen LogP contribution is -2.25. The van der Waals surface area contributed by atoms with E-state index in [4.69, 9.17) is 0 Å². The molecule has 0 unspecified atom stereocenters. The van der Waals surface area contributed by atoms with Gasteiger partial charge in [0.25, 0.3) is 0 Å². The van der Waals surface area contributed by atoms with Crippen LogP contribution in [0.4, 0.5) is 14.5 Å². The fourth-order valence-electron chi connectivity index (χ4n) is 1.72. The number of nitrogens with zero attached hydrogens (tertiary/aromatic N) is 3. The molecule has 3 rings (SSSR count). The molecule has 1 aromatic carbocycles. The van der Waals surface area contributed by atoms with Gasteiger partial charge in [-0.25, -0.2) is 4.98 Å². The van der Waals surface area contributed by atoms with Crippen LogP contribution in [0, 0.1) is 0 Å². The lowest BCUT2D eigenvalue weighted by molar-refractivity contribution is -0.286. The maximum atomic E-state index is 12.8. The zero-order valence-corrected chi connectivity index (χ0v) is 9.93. The Labute approximate surface area is 107 Å². The van der Waals surface area contributed by atoms with Crippen molar-refractivity contribution in [1.82, 2.24) is 14.8 Å². The molecule has 0 radical (unpaired) electrons. The number of fused-ring (bicyclic) bond motifs is 1. The van der Waals surface area contributed by atoms with Crippen LogP contribution in [0.3, 0.4) is 0 Å². The van der Waals surface area contributed by atoms with Gasteiger partial charge >= 0.3 is 6.29 Å². The smallest absolute Gasteiger partial charge is 0.395 e. The van der Waals surface area contributed by atoms with Crippen molar-refractivity contribution in [1.29, 1.82) is 0 Å². The molecule has 0 bridgehead atoms. The molecule has 1 N–H and O–H groups in total. The summed E-state index contributed by atoms with van der Waals surface area (Å²) in [5, 5.41) is 6.97. The number of rotatable bonds is 3. The molecular formula is C11H10F2N4O2. The Morgan fingerprint density at radius 3 is 2.84 bits per heavy atom. The number of hydrogen-bond acceptors (Lipinski definition) is 5. The highest BCUT2D eigenvalue weighted by Gasteiger charge is 2.43. The summed E-state index contributed by atoms with van der Waals surface area (Å²) >= 11 is 0. The SMILES string of the molecule is Cn1ncnc1CNc1ccc2c(c1)OC(F)(F)O2. The molecule has 2 heterocycles. The number of aryl methyl sites for hydroxylation is 1. The van der Waals surface area contributed by atoms with Crippen LogP contribution in [0.5, 0.6) is 11.5 Å². The minimum atomic E-state index is -3.59. The van der Waals surface area contributed by atoms with Gasteiger partial charge in [0.1, 0.15) is 12.2 Å². The quantitative estimate of drug-likeness (QED) is 0.918. The van der Waals surface area contributed by atoms with Crippen molar-refractivity contribution >= 4 is 5.69 Å². The summed E-state index contributed by atoms with van der Waals surface area (Å²) < 4.78 is 36.0. The highest BCUT2D eigenvalue weighted by Crippen LogP contribution is 2.42. The largest absolute Gasteiger partial charge is 0.586 e. The second-order valence-corrected chi connectivity index (χ2v) is 3.98. The molecule has 1 aromatic heterocycles. The minimum Gasteiger partial charge on any atom is -0.395 e. The molecule has 0 saturated carbocycles. The molecule has 0 saturated heterocycles. The van der Waals surface area contributed by atoms with Gasteiger partial charge < -0.3 is 14.8 Å². The third kappa shape index (κ3) is 2.28. The van der Waals surface area contributed by atoms with Crippen molar-refractivity contribution in [2.24, 2.45) is 7.05 Å². The van der Waals surface area contributed by atoms with Gasteiger partial charge in [-0.1, -0.05) is 0 Å². The fourth-order valence-corrected chi connectivity index (χ4v) is 1.72. The van der Waals surface area contributed by atoms with Crippen molar-refractivity contribution in [2.75, 3.05) is 5.32 Å². The number of anilines is 1.